The van der Waals surface area contributed by atoms with Crippen molar-refractivity contribution in [1.82, 2.24) is 4.90 Å². The van der Waals surface area contributed by atoms with E-state index in [9.17, 15) is 19.7 Å². The molecule has 9 heteroatoms. The highest BCUT2D eigenvalue weighted by Crippen LogP contribution is 2.33. The van der Waals surface area contributed by atoms with Crippen LogP contribution in [0.2, 0.25) is 0 Å². The normalized spacial score (nSPS) is 15.6. The minimum Gasteiger partial charge on any atom is -0.469 e. The second kappa shape index (κ2) is 9.44. The third kappa shape index (κ3) is 5.37. The molecule has 0 atom stereocenters. The number of methoxy groups -OCH3 is 1. The van der Waals surface area contributed by atoms with Gasteiger partial charge in [-0.25, -0.2) is 0 Å². The molecule has 1 heterocycles. The van der Waals surface area contributed by atoms with Crippen LogP contribution in [0.3, 0.4) is 0 Å². The van der Waals surface area contributed by atoms with Crippen molar-refractivity contribution >= 4 is 51.9 Å². The predicted molar refractivity (Wildman–Crippen MR) is 103 cm³/mol. The van der Waals surface area contributed by atoms with Crippen molar-refractivity contribution in [3.63, 3.8) is 0 Å². The van der Waals surface area contributed by atoms with Crippen LogP contribution in [0, 0.1) is 10.1 Å². The van der Waals surface area contributed by atoms with E-state index >= 15 is 0 Å². The Morgan fingerprint density at radius 3 is 2.62 bits per heavy atom. The highest BCUT2D eigenvalue weighted by atomic mass is 32.2. The molecule has 1 amide bonds. The van der Waals surface area contributed by atoms with Crippen LogP contribution in [-0.2, 0) is 14.3 Å². The summed E-state index contributed by atoms with van der Waals surface area (Å²) in [6, 6.07) is 5.98. The van der Waals surface area contributed by atoms with Crippen molar-refractivity contribution < 1.29 is 19.2 Å². The molecule has 1 aromatic carbocycles. The molecular weight excluding hydrogens is 376 g/mol. The molecule has 7 nitrogen and oxygen atoms in total. The van der Waals surface area contributed by atoms with Gasteiger partial charge in [0.25, 0.3) is 11.6 Å². The average Bonchev–Trinajstić information content (AvgIpc) is 2.88. The molecule has 0 radical (unpaired) electrons. The van der Waals surface area contributed by atoms with Crippen molar-refractivity contribution in [1.29, 1.82) is 0 Å². The van der Waals surface area contributed by atoms with E-state index < -0.39 is 4.92 Å². The monoisotopic (exact) mass is 394 g/mol. The zero-order chi connectivity index (χ0) is 19.1. The van der Waals surface area contributed by atoms with Gasteiger partial charge in [0.05, 0.1) is 16.9 Å². The Hall–Kier alpha value is -2.26. The van der Waals surface area contributed by atoms with Gasteiger partial charge in [-0.2, -0.15) is 0 Å². The summed E-state index contributed by atoms with van der Waals surface area (Å²) in [6.45, 7) is 0.503. The van der Waals surface area contributed by atoms with Crippen molar-refractivity contribution in [2.75, 3.05) is 13.7 Å². The summed E-state index contributed by atoms with van der Waals surface area (Å²) >= 11 is 6.49. The van der Waals surface area contributed by atoms with Crippen LogP contribution in [0.5, 0.6) is 0 Å². The van der Waals surface area contributed by atoms with Gasteiger partial charge in [0.15, 0.2) is 0 Å². The molecule has 2 rings (SSSR count). The summed E-state index contributed by atoms with van der Waals surface area (Å²) in [5, 5.41) is 10.7. The van der Waals surface area contributed by atoms with Crippen molar-refractivity contribution in [3.8, 4) is 0 Å². The largest absolute Gasteiger partial charge is 0.469 e. The summed E-state index contributed by atoms with van der Waals surface area (Å²) in [5.74, 6) is -0.395. The molecule has 0 N–H and O–H groups in total. The number of nitro groups is 1. The fourth-order valence-electron chi connectivity index (χ4n) is 2.35. The Labute approximate surface area is 160 Å². The number of amides is 1. The van der Waals surface area contributed by atoms with E-state index in [4.69, 9.17) is 12.2 Å². The van der Waals surface area contributed by atoms with Gasteiger partial charge < -0.3 is 4.74 Å². The lowest BCUT2D eigenvalue weighted by Gasteiger charge is -2.13. The Balaban J connectivity index is 1.91. The van der Waals surface area contributed by atoms with Gasteiger partial charge in [-0.05, 0) is 36.6 Å². The molecule has 26 heavy (non-hydrogen) atoms. The number of thioether (sulfide) groups is 1. The lowest BCUT2D eigenvalue weighted by atomic mass is 10.2. The Morgan fingerprint density at radius 1 is 1.31 bits per heavy atom. The van der Waals surface area contributed by atoms with Crippen LogP contribution in [0.4, 0.5) is 5.69 Å². The van der Waals surface area contributed by atoms with Gasteiger partial charge in [-0.1, -0.05) is 30.4 Å². The van der Waals surface area contributed by atoms with Crippen LogP contribution in [0.1, 0.15) is 31.2 Å². The molecule has 1 fully saturated rings. The number of unbranched alkanes of at least 4 members (excludes halogenated alkanes) is 2. The van der Waals surface area contributed by atoms with Gasteiger partial charge in [-0.3, -0.25) is 24.6 Å². The zero-order valence-electron chi connectivity index (χ0n) is 14.2. The maximum Gasteiger partial charge on any atom is 0.305 e. The van der Waals surface area contributed by atoms with Gasteiger partial charge >= 0.3 is 5.97 Å². The number of nitro benzene ring substituents is 1. The molecule has 0 bridgehead atoms. The molecule has 0 spiro atoms. The summed E-state index contributed by atoms with van der Waals surface area (Å²) in [5.41, 5.74) is 0.704. The van der Waals surface area contributed by atoms with Gasteiger partial charge in [0.1, 0.15) is 4.32 Å². The molecule has 1 aliphatic heterocycles. The second-order valence-electron chi connectivity index (χ2n) is 5.57. The van der Waals surface area contributed by atoms with Crippen LogP contribution < -0.4 is 0 Å². The summed E-state index contributed by atoms with van der Waals surface area (Å²) in [6.07, 6.45) is 4.30. The Bertz CT molecular complexity index is 746. The first-order chi connectivity index (χ1) is 12.4. The van der Waals surface area contributed by atoms with Crippen molar-refractivity contribution in [2.45, 2.75) is 25.7 Å². The van der Waals surface area contributed by atoms with Gasteiger partial charge in [0.2, 0.25) is 0 Å². The minimum absolute atomic E-state index is 0.00153. The van der Waals surface area contributed by atoms with Crippen LogP contribution in [0.25, 0.3) is 6.08 Å². The molecular formula is C17H18N2O5S2. The highest BCUT2D eigenvalue weighted by Gasteiger charge is 2.31. The molecule has 1 aromatic rings. The molecule has 0 aliphatic carbocycles. The van der Waals surface area contributed by atoms with E-state index in [1.165, 1.54) is 31.0 Å². The van der Waals surface area contributed by atoms with Crippen LogP contribution in [-0.4, -0.2) is 39.7 Å². The minimum atomic E-state index is -0.469. The van der Waals surface area contributed by atoms with E-state index in [0.29, 0.717) is 34.2 Å². The number of ether oxygens (including phenoxy) is 1. The van der Waals surface area contributed by atoms with Crippen LogP contribution in [0.15, 0.2) is 29.2 Å². The number of non-ortho nitro benzene ring substituents is 1. The van der Waals surface area contributed by atoms with Crippen LogP contribution >= 0.6 is 24.0 Å². The molecule has 0 aromatic heterocycles. The van der Waals surface area contributed by atoms with Gasteiger partial charge in [0, 0.05) is 25.1 Å². The lowest BCUT2D eigenvalue weighted by Crippen LogP contribution is -2.29. The average molecular weight is 394 g/mol. The summed E-state index contributed by atoms with van der Waals surface area (Å²) in [4.78, 5) is 35.8. The second-order valence-corrected chi connectivity index (χ2v) is 7.24. The molecule has 138 valence electrons. The number of carbonyl (C=O) groups is 2. The third-order valence-electron chi connectivity index (χ3n) is 3.77. The third-order valence-corrected chi connectivity index (χ3v) is 5.14. The number of esters is 1. The SMILES string of the molecule is COC(=O)CCCCCN1C(=O)/C(=C\c2ccc([N+](=O)[O-])cc2)SC1=S. The quantitative estimate of drug-likeness (QED) is 0.166. The van der Waals surface area contributed by atoms with E-state index in [2.05, 4.69) is 4.74 Å². The van der Waals surface area contributed by atoms with E-state index in [1.807, 2.05) is 0 Å². The highest BCUT2D eigenvalue weighted by molar-refractivity contribution is 8.26. The number of rotatable bonds is 8. The Kier molecular flexibility index (Phi) is 7.28. The number of hydrogen-bond acceptors (Lipinski definition) is 7. The number of thiocarbonyl (C=S) groups is 1. The molecule has 0 saturated carbocycles. The van der Waals surface area contributed by atoms with Gasteiger partial charge in [-0.15, -0.1) is 0 Å². The topological polar surface area (TPSA) is 89.8 Å². The molecule has 1 saturated heterocycles. The maximum atomic E-state index is 12.5. The van der Waals surface area contributed by atoms with E-state index in [-0.39, 0.29) is 17.6 Å². The first kappa shape index (κ1) is 20.1. The van der Waals surface area contributed by atoms with E-state index in [0.717, 1.165) is 12.8 Å². The number of benzene rings is 1. The zero-order valence-corrected chi connectivity index (χ0v) is 15.8. The summed E-state index contributed by atoms with van der Waals surface area (Å²) in [7, 11) is 1.36. The lowest BCUT2D eigenvalue weighted by molar-refractivity contribution is -0.384. The van der Waals surface area contributed by atoms with Crippen molar-refractivity contribution in [3.05, 3.63) is 44.8 Å². The van der Waals surface area contributed by atoms with Crippen molar-refractivity contribution in [2.24, 2.45) is 0 Å². The van der Waals surface area contributed by atoms with E-state index in [1.54, 1.807) is 23.1 Å². The predicted octanol–water partition coefficient (Wildman–Crippen LogP) is 3.53. The maximum absolute atomic E-state index is 12.5. The standard InChI is InChI=1S/C17H18N2O5S2/c1-24-15(20)5-3-2-4-10-18-16(21)14(26-17(18)25)11-12-6-8-13(9-7-12)19(22)23/h6-9,11H,2-5,10H2,1H3/b14-11+. The molecule has 1 aliphatic rings. The fraction of sp³-hybridized carbons (Fsp3) is 0.353. The first-order valence-electron chi connectivity index (χ1n) is 7.99. The molecule has 0 unspecified atom stereocenters. The Morgan fingerprint density at radius 2 is 2.00 bits per heavy atom. The number of hydrogen-bond donors (Lipinski definition) is 0. The first-order valence-corrected chi connectivity index (χ1v) is 9.21. The fourth-order valence-corrected chi connectivity index (χ4v) is 3.66. The smallest absolute Gasteiger partial charge is 0.305 e. The number of nitrogens with zero attached hydrogens (tertiary/aromatic N) is 2. The summed E-state index contributed by atoms with van der Waals surface area (Å²) < 4.78 is 5.08. The number of carbonyl (C=O) groups excluding carboxylic acids is 2.